The first-order chi connectivity index (χ1) is 8.41. The molecule has 0 radical (unpaired) electrons. The van der Waals surface area contributed by atoms with Gasteiger partial charge < -0.3 is 4.74 Å². The van der Waals surface area contributed by atoms with E-state index in [0.717, 1.165) is 22.9 Å². The Hall–Kier alpha value is -0.130. The minimum atomic E-state index is -0.159. The van der Waals surface area contributed by atoms with Crippen molar-refractivity contribution >= 4 is 27.5 Å². The number of hydrazine groups is 1. The van der Waals surface area contributed by atoms with Crippen LogP contribution in [0.4, 0.5) is 0 Å². The molecule has 1 aromatic rings. The fourth-order valence-corrected chi connectivity index (χ4v) is 2.35. The minimum absolute atomic E-state index is 0.0180. The molecule has 0 heterocycles. The van der Waals surface area contributed by atoms with Crippen molar-refractivity contribution in [1.29, 1.82) is 0 Å². The molecule has 0 aliphatic carbocycles. The van der Waals surface area contributed by atoms with Crippen LogP contribution in [0, 0.1) is 0 Å². The van der Waals surface area contributed by atoms with Gasteiger partial charge in [-0.25, -0.2) is 0 Å². The van der Waals surface area contributed by atoms with Crippen LogP contribution in [0.15, 0.2) is 22.7 Å². The molecular formula is C13H20BrClN2O. The summed E-state index contributed by atoms with van der Waals surface area (Å²) in [5, 5.41) is 0.704. The van der Waals surface area contributed by atoms with Gasteiger partial charge in [0.25, 0.3) is 0 Å². The predicted octanol–water partition coefficient (Wildman–Crippen LogP) is 3.81. The molecular weight excluding hydrogens is 316 g/mol. The van der Waals surface area contributed by atoms with Crippen molar-refractivity contribution in [3.8, 4) is 0 Å². The largest absolute Gasteiger partial charge is 0.379 e. The van der Waals surface area contributed by atoms with E-state index in [1.807, 2.05) is 18.2 Å². The van der Waals surface area contributed by atoms with Crippen molar-refractivity contribution in [2.75, 3.05) is 7.11 Å². The van der Waals surface area contributed by atoms with E-state index in [0.29, 0.717) is 5.02 Å². The van der Waals surface area contributed by atoms with Gasteiger partial charge in [0.1, 0.15) is 0 Å². The number of benzene rings is 1. The van der Waals surface area contributed by atoms with Crippen LogP contribution in [0.1, 0.15) is 38.3 Å². The Bertz CT molecular complexity index is 399. The summed E-state index contributed by atoms with van der Waals surface area (Å²) >= 11 is 9.70. The van der Waals surface area contributed by atoms with Gasteiger partial charge in [-0.1, -0.05) is 23.7 Å². The molecule has 0 amide bonds. The maximum Gasteiger partial charge on any atom is 0.0623 e. The van der Waals surface area contributed by atoms with Crippen LogP contribution in [0.3, 0.4) is 0 Å². The summed E-state index contributed by atoms with van der Waals surface area (Å²) in [5.74, 6) is 5.63. The Labute approximate surface area is 122 Å². The number of methoxy groups -OCH3 is 1. The lowest BCUT2D eigenvalue weighted by Crippen LogP contribution is -2.31. The Balaban J connectivity index is 2.81. The van der Waals surface area contributed by atoms with Crippen LogP contribution < -0.4 is 11.3 Å². The van der Waals surface area contributed by atoms with Crippen LogP contribution in [-0.4, -0.2) is 12.7 Å². The molecule has 1 rings (SSSR count). The highest BCUT2D eigenvalue weighted by Crippen LogP contribution is 2.33. The monoisotopic (exact) mass is 334 g/mol. The molecule has 0 saturated carbocycles. The third kappa shape index (κ3) is 4.21. The van der Waals surface area contributed by atoms with Gasteiger partial charge >= 0.3 is 0 Å². The average Bonchev–Trinajstić information content (AvgIpc) is 2.35. The summed E-state index contributed by atoms with van der Waals surface area (Å²) in [6.45, 7) is 4.12. The lowest BCUT2D eigenvalue weighted by atomic mass is 9.95. The summed E-state index contributed by atoms with van der Waals surface area (Å²) in [6.07, 6.45) is 1.74. The topological polar surface area (TPSA) is 47.3 Å². The number of rotatable bonds is 6. The molecule has 3 N–H and O–H groups in total. The van der Waals surface area contributed by atoms with E-state index in [1.165, 1.54) is 0 Å². The maximum atomic E-state index is 6.28. The zero-order valence-electron chi connectivity index (χ0n) is 11.0. The van der Waals surface area contributed by atoms with Crippen LogP contribution >= 0.6 is 27.5 Å². The van der Waals surface area contributed by atoms with Crippen molar-refractivity contribution in [2.45, 2.75) is 38.3 Å². The van der Waals surface area contributed by atoms with Gasteiger partial charge in [-0.3, -0.25) is 11.3 Å². The number of nitrogens with one attached hydrogen (secondary N) is 1. The van der Waals surface area contributed by atoms with Crippen LogP contribution in [-0.2, 0) is 4.74 Å². The number of nitrogens with two attached hydrogens (primary N) is 1. The Kier molecular flexibility index (Phi) is 6.08. The first kappa shape index (κ1) is 15.9. The lowest BCUT2D eigenvalue weighted by Gasteiger charge is -2.26. The molecule has 1 aromatic carbocycles. The summed E-state index contributed by atoms with van der Waals surface area (Å²) < 4.78 is 6.29. The SMILES string of the molecule is COC(C)(C)CCC(NN)c1cccc(Br)c1Cl. The molecule has 0 aliphatic heterocycles. The van der Waals surface area contributed by atoms with E-state index in [2.05, 4.69) is 35.2 Å². The first-order valence-electron chi connectivity index (χ1n) is 5.86. The first-order valence-corrected chi connectivity index (χ1v) is 7.03. The second kappa shape index (κ2) is 6.87. The van der Waals surface area contributed by atoms with E-state index in [9.17, 15) is 0 Å². The Morgan fingerprint density at radius 3 is 2.72 bits per heavy atom. The lowest BCUT2D eigenvalue weighted by molar-refractivity contribution is 0.0117. The molecule has 0 aliphatic rings. The molecule has 0 aromatic heterocycles. The summed E-state index contributed by atoms with van der Waals surface area (Å²) in [5.41, 5.74) is 3.66. The average molecular weight is 336 g/mol. The van der Waals surface area contributed by atoms with Gasteiger partial charge in [0, 0.05) is 17.6 Å². The molecule has 18 heavy (non-hydrogen) atoms. The summed E-state index contributed by atoms with van der Waals surface area (Å²) in [6, 6.07) is 5.87. The third-order valence-corrected chi connectivity index (χ3v) is 4.46. The van der Waals surface area contributed by atoms with Crippen molar-refractivity contribution < 1.29 is 4.74 Å². The Morgan fingerprint density at radius 2 is 2.17 bits per heavy atom. The number of ether oxygens (including phenoxy) is 1. The highest BCUT2D eigenvalue weighted by atomic mass is 79.9. The second-order valence-corrected chi connectivity index (χ2v) is 6.10. The van der Waals surface area contributed by atoms with Gasteiger partial charge in [0.05, 0.1) is 10.6 Å². The van der Waals surface area contributed by atoms with E-state index in [4.69, 9.17) is 22.2 Å². The van der Waals surface area contributed by atoms with Crippen molar-refractivity contribution in [1.82, 2.24) is 5.43 Å². The molecule has 0 bridgehead atoms. The predicted molar refractivity (Wildman–Crippen MR) is 79.5 cm³/mol. The van der Waals surface area contributed by atoms with Gasteiger partial charge in [-0.05, 0) is 54.2 Å². The molecule has 0 saturated heterocycles. The fourth-order valence-electron chi connectivity index (χ4n) is 1.71. The number of hydrogen-bond acceptors (Lipinski definition) is 3. The quantitative estimate of drug-likeness (QED) is 0.614. The second-order valence-electron chi connectivity index (χ2n) is 4.86. The normalized spacial score (nSPS) is 13.7. The third-order valence-electron chi connectivity index (χ3n) is 3.15. The van der Waals surface area contributed by atoms with E-state index >= 15 is 0 Å². The molecule has 0 spiro atoms. The van der Waals surface area contributed by atoms with Crippen molar-refractivity contribution in [3.63, 3.8) is 0 Å². The molecule has 1 unspecified atom stereocenters. The van der Waals surface area contributed by atoms with Gasteiger partial charge in [-0.2, -0.15) is 0 Å². The maximum absolute atomic E-state index is 6.28. The van der Waals surface area contributed by atoms with E-state index < -0.39 is 0 Å². The summed E-state index contributed by atoms with van der Waals surface area (Å²) in [7, 11) is 1.72. The zero-order chi connectivity index (χ0) is 13.8. The Morgan fingerprint density at radius 1 is 1.50 bits per heavy atom. The van der Waals surface area contributed by atoms with Crippen LogP contribution in [0.25, 0.3) is 0 Å². The minimum Gasteiger partial charge on any atom is -0.379 e. The van der Waals surface area contributed by atoms with Crippen LogP contribution in [0.2, 0.25) is 5.02 Å². The van der Waals surface area contributed by atoms with E-state index in [1.54, 1.807) is 7.11 Å². The van der Waals surface area contributed by atoms with Crippen molar-refractivity contribution in [2.24, 2.45) is 5.84 Å². The standard InChI is InChI=1S/C13H20BrClN2O/c1-13(2,18-3)8-7-11(17-16)9-5-4-6-10(14)12(9)15/h4-6,11,17H,7-8,16H2,1-3H3. The molecule has 3 nitrogen and oxygen atoms in total. The van der Waals surface area contributed by atoms with Crippen molar-refractivity contribution in [3.05, 3.63) is 33.3 Å². The zero-order valence-corrected chi connectivity index (χ0v) is 13.3. The highest BCUT2D eigenvalue weighted by Gasteiger charge is 2.21. The molecule has 102 valence electrons. The number of hydrogen-bond donors (Lipinski definition) is 2. The van der Waals surface area contributed by atoms with E-state index in [-0.39, 0.29) is 11.6 Å². The highest BCUT2D eigenvalue weighted by molar-refractivity contribution is 9.10. The van der Waals surface area contributed by atoms with Crippen LogP contribution in [0.5, 0.6) is 0 Å². The molecule has 1 atom stereocenters. The van der Waals surface area contributed by atoms with Gasteiger partial charge in [-0.15, -0.1) is 0 Å². The smallest absolute Gasteiger partial charge is 0.0623 e. The van der Waals surface area contributed by atoms with Gasteiger partial charge in [0.2, 0.25) is 0 Å². The summed E-state index contributed by atoms with van der Waals surface area (Å²) in [4.78, 5) is 0. The van der Waals surface area contributed by atoms with Gasteiger partial charge in [0.15, 0.2) is 0 Å². The molecule has 5 heteroatoms. The number of halogens is 2. The molecule has 0 fully saturated rings. The fraction of sp³-hybridized carbons (Fsp3) is 0.538.